The average Bonchev–Trinajstić information content (AvgIpc) is 3.28. The number of hydrogen-bond donors (Lipinski definition) is 1. The predicted molar refractivity (Wildman–Crippen MR) is 161 cm³/mol. The monoisotopic (exact) mass is 569 g/mol. The molecular weight excluding hydrogens is 538 g/mol. The number of nitrogens with one attached hydrogen (secondary N) is 1. The highest BCUT2D eigenvalue weighted by Gasteiger charge is 2.32. The lowest BCUT2D eigenvalue weighted by Crippen LogP contribution is -2.40. The van der Waals surface area contributed by atoms with E-state index in [1.807, 2.05) is 86.6 Å². The molecule has 0 radical (unpaired) electrons. The van der Waals surface area contributed by atoms with Crippen LogP contribution in [0.2, 0.25) is 0 Å². The number of aromatic nitrogens is 1. The van der Waals surface area contributed by atoms with Crippen LogP contribution in [0.25, 0.3) is 6.08 Å². The number of benzene rings is 3. The minimum atomic E-state index is -0.678. The number of para-hydroxylation sites is 1. The van der Waals surface area contributed by atoms with E-state index < -0.39 is 6.04 Å². The minimum Gasteiger partial charge on any atom is -0.494 e. The first-order chi connectivity index (χ1) is 19.9. The summed E-state index contributed by atoms with van der Waals surface area (Å²) in [7, 11) is 1.58. The molecule has 0 unspecified atom stereocenters. The molecule has 1 atom stereocenters. The van der Waals surface area contributed by atoms with Crippen molar-refractivity contribution < 1.29 is 19.0 Å². The van der Waals surface area contributed by atoms with Crippen LogP contribution in [0.1, 0.15) is 37.9 Å². The van der Waals surface area contributed by atoms with Gasteiger partial charge in [0, 0.05) is 5.69 Å². The Morgan fingerprint density at radius 3 is 2.41 bits per heavy atom. The van der Waals surface area contributed by atoms with E-state index >= 15 is 0 Å². The summed E-state index contributed by atoms with van der Waals surface area (Å²) in [6.45, 7) is 6.68. The molecule has 4 aromatic rings. The second-order valence-electron chi connectivity index (χ2n) is 9.25. The minimum absolute atomic E-state index is 0.238. The molecule has 1 N–H and O–H groups in total. The van der Waals surface area contributed by atoms with Crippen molar-refractivity contribution >= 4 is 29.0 Å². The van der Waals surface area contributed by atoms with Gasteiger partial charge in [0.05, 0.1) is 42.2 Å². The first-order valence-corrected chi connectivity index (χ1v) is 14.2. The molecule has 2 heterocycles. The Morgan fingerprint density at radius 2 is 1.73 bits per heavy atom. The van der Waals surface area contributed by atoms with Gasteiger partial charge in [-0.15, -0.1) is 0 Å². The highest BCUT2D eigenvalue weighted by atomic mass is 32.1. The van der Waals surface area contributed by atoms with Crippen molar-refractivity contribution in [1.82, 2.24) is 4.57 Å². The number of anilines is 1. The fourth-order valence-electron chi connectivity index (χ4n) is 4.76. The standard InChI is InChI=1S/C32H31N3O5S/c1-5-39-24-15-13-22(14-16-24)29-28(30(36)34-23-10-8-7-9-11-23)20(3)33-32-35(29)31(37)27(41-32)19-21-12-17-25(40-6-2)26(18-21)38-4/h7-19,29H,5-6H2,1-4H3,(H,34,36)/b27-19-/t29-/m0/s1. The van der Waals surface area contributed by atoms with E-state index in [9.17, 15) is 9.59 Å². The molecule has 5 rings (SSSR count). The molecule has 210 valence electrons. The van der Waals surface area contributed by atoms with Crippen molar-refractivity contribution in [2.24, 2.45) is 4.99 Å². The van der Waals surface area contributed by atoms with Gasteiger partial charge < -0.3 is 19.5 Å². The molecule has 1 amide bonds. The van der Waals surface area contributed by atoms with Gasteiger partial charge in [-0.3, -0.25) is 14.2 Å². The Labute approximate surface area is 241 Å². The van der Waals surface area contributed by atoms with Gasteiger partial charge in [-0.25, -0.2) is 4.99 Å². The molecule has 0 spiro atoms. The molecule has 0 aliphatic carbocycles. The molecule has 41 heavy (non-hydrogen) atoms. The third-order valence-corrected chi connectivity index (χ3v) is 7.57. The number of methoxy groups -OCH3 is 1. The fourth-order valence-corrected chi connectivity index (χ4v) is 5.81. The quantitative estimate of drug-likeness (QED) is 0.316. The number of carbonyl (C=O) groups excluding carboxylic acids is 1. The maximum absolute atomic E-state index is 14.0. The molecule has 1 aromatic heterocycles. The van der Waals surface area contributed by atoms with Crippen LogP contribution in [-0.2, 0) is 4.79 Å². The number of hydrogen-bond acceptors (Lipinski definition) is 7. The smallest absolute Gasteiger partial charge is 0.271 e. The first-order valence-electron chi connectivity index (χ1n) is 13.4. The third-order valence-electron chi connectivity index (χ3n) is 6.59. The van der Waals surface area contributed by atoms with Crippen LogP contribution >= 0.6 is 11.3 Å². The van der Waals surface area contributed by atoms with Gasteiger partial charge in [-0.1, -0.05) is 47.7 Å². The van der Waals surface area contributed by atoms with Crippen molar-refractivity contribution in [3.8, 4) is 17.2 Å². The van der Waals surface area contributed by atoms with Gasteiger partial charge in [0.15, 0.2) is 16.3 Å². The van der Waals surface area contributed by atoms with Crippen LogP contribution in [0.15, 0.2) is 93.9 Å². The molecule has 3 aromatic carbocycles. The summed E-state index contributed by atoms with van der Waals surface area (Å²) in [6.07, 6.45) is 1.81. The molecule has 8 nitrogen and oxygen atoms in total. The Kier molecular flexibility index (Phi) is 8.35. The van der Waals surface area contributed by atoms with E-state index in [1.165, 1.54) is 11.3 Å². The van der Waals surface area contributed by atoms with Crippen LogP contribution < -0.4 is 34.4 Å². The number of thiazole rings is 1. The summed E-state index contributed by atoms with van der Waals surface area (Å²) in [4.78, 5) is 32.9. The van der Waals surface area contributed by atoms with Crippen molar-refractivity contribution in [2.75, 3.05) is 25.6 Å². The van der Waals surface area contributed by atoms with E-state index in [2.05, 4.69) is 5.32 Å². The zero-order valence-corrected chi connectivity index (χ0v) is 24.2. The molecular formula is C32H31N3O5S. The highest BCUT2D eigenvalue weighted by Crippen LogP contribution is 2.32. The highest BCUT2D eigenvalue weighted by molar-refractivity contribution is 7.07. The number of carbonyl (C=O) groups is 1. The Hall–Kier alpha value is -4.63. The second-order valence-corrected chi connectivity index (χ2v) is 10.3. The van der Waals surface area contributed by atoms with E-state index in [0.717, 1.165) is 11.1 Å². The van der Waals surface area contributed by atoms with Gasteiger partial charge in [0.2, 0.25) is 0 Å². The first kappa shape index (κ1) is 27.9. The lowest BCUT2D eigenvalue weighted by atomic mass is 9.95. The zero-order chi connectivity index (χ0) is 28.9. The number of nitrogens with zero attached hydrogens (tertiary/aromatic N) is 2. The SMILES string of the molecule is CCOc1ccc([C@H]2C(C(=O)Nc3ccccc3)=C(C)N=c3s/c(=C\c4ccc(OCC)c(OC)c4)c(=O)n32)cc1. The number of ether oxygens (including phenoxy) is 3. The zero-order valence-electron chi connectivity index (χ0n) is 23.3. The summed E-state index contributed by atoms with van der Waals surface area (Å²) in [5, 5.41) is 2.97. The summed E-state index contributed by atoms with van der Waals surface area (Å²) >= 11 is 1.28. The van der Waals surface area contributed by atoms with Crippen LogP contribution in [0.4, 0.5) is 5.69 Å². The predicted octanol–water partition coefficient (Wildman–Crippen LogP) is 4.68. The molecule has 0 fully saturated rings. The molecule has 1 aliphatic heterocycles. The second kappa shape index (κ2) is 12.3. The average molecular weight is 570 g/mol. The summed E-state index contributed by atoms with van der Waals surface area (Å²) < 4.78 is 18.8. The van der Waals surface area contributed by atoms with Crippen LogP contribution in [0, 0.1) is 0 Å². The van der Waals surface area contributed by atoms with Gasteiger partial charge in [-0.05, 0) is 74.4 Å². The lowest BCUT2D eigenvalue weighted by molar-refractivity contribution is -0.113. The van der Waals surface area contributed by atoms with E-state index in [-0.39, 0.29) is 11.5 Å². The molecule has 1 aliphatic rings. The molecule has 0 saturated heterocycles. The Balaban J connectivity index is 1.63. The maximum Gasteiger partial charge on any atom is 0.271 e. The Morgan fingerprint density at radius 1 is 1.00 bits per heavy atom. The maximum atomic E-state index is 14.0. The fraction of sp³-hybridized carbons (Fsp3) is 0.219. The molecule has 0 saturated carbocycles. The third kappa shape index (κ3) is 5.81. The van der Waals surface area contributed by atoms with Crippen LogP contribution in [0.3, 0.4) is 0 Å². The Bertz CT molecular complexity index is 1770. The van der Waals surface area contributed by atoms with Crippen molar-refractivity contribution in [1.29, 1.82) is 0 Å². The van der Waals surface area contributed by atoms with E-state index in [1.54, 1.807) is 24.7 Å². The van der Waals surface area contributed by atoms with Crippen molar-refractivity contribution in [3.63, 3.8) is 0 Å². The van der Waals surface area contributed by atoms with E-state index in [0.29, 0.717) is 56.8 Å². The summed E-state index contributed by atoms with van der Waals surface area (Å²) in [5.41, 5.74) is 2.93. The van der Waals surface area contributed by atoms with Gasteiger partial charge >= 0.3 is 0 Å². The topological polar surface area (TPSA) is 91.2 Å². The number of fused-ring (bicyclic) bond motifs is 1. The summed E-state index contributed by atoms with van der Waals surface area (Å²) in [5.74, 6) is 1.61. The summed E-state index contributed by atoms with van der Waals surface area (Å²) in [6, 6.07) is 21.6. The van der Waals surface area contributed by atoms with Gasteiger partial charge in [0.25, 0.3) is 11.5 Å². The van der Waals surface area contributed by atoms with Crippen molar-refractivity contribution in [3.05, 3.63) is 115 Å². The number of amides is 1. The number of allylic oxidation sites excluding steroid dienone is 1. The normalized spacial score (nSPS) is 14.7. The molecule has 0 bridgehead atoms. The number of rotatable bonds is 9. The largest absolute Gasteiger partial charge is 0.494 e. The van der Waals surface area contributed by atoms with Crippen LogP contribution in [0.5, 0.6) is 17.2 Å². The lowest BCUT2D eigenvalue weighted by Gasteiger charge is -2.25. The van der Waals surface area contributed by atoms with Crippen molar-refractivity contribution in [2.45, 2.75) is 26.8 Å². The molecule has 9 heteroatoms. The van der Waals surface area contributed by atoms with E-state index in [4.69, 9.17) is 19.2 Å². The van der Waals surface area contributed by atoms with Gasteiger partial charge in [-0.2, -0.15) is 0 Å². The van der Waals surface area contributed by atoms with Gasteiger partial charge in [0.1, 0.15) is 5.75 Å². The van der Waals surface area contributed by atoms with Crippen LogP contribution in [-0.4, -0.2) is 30.8 Å².